The Morgan fingerprint density at radius 1 is 1.08 bits per heavy atom. The van der Waals surface area contributed by atoms with Crippen LogP contribution in [0.5, 0.6) is 0 Å². The van der Waals surface area contributed by atoms with Gasteiger partial charge in [-0.3, -0.25) is 24.3 Å². The van der Waals surface area contributed by atoms with E-state index in [1.807, 2.05) is 24.3 Å². The molecule has 1 atom stereocenters. The number of hydrazone groups is 1. The highest BCUT2D eigenvalue weighted by molar-refractivity contribution is 6.44. The molecule has 0 spiro atoms. The van der Waals surface area contributed by atoms with Gasteiger partial charge in [0, 0.05) is 12.6 Å². The van der Waals surface area contributed by atoms with Gasteiger partial charge in [0.05, 0.1) is 5.69 Å². The molecule has 130 valence electrons. The van der Waals surface area contributed by atoms with E-state index >= 15 is 0 Å². The highest BCUT2D eigenvalue weighted by Crippen LogP contribution is 2.24. The Balaban J connectivity index is 1.60. The summed E-state index contributed by atoms with van der Waals surface area (Å²) in [4.78, 5) is 24.4. The van der Waals surface area contributed by atoms with E-state index in [1.165, 1.54) is 5.01 Å². The number of primary amides is 1. The molecule has 4 rings (SSSR count). The minimum Gasteiger partial charge on any atom is -0.368 e. The Bertz CT molecular complexity index is 1010. The number of nitrogens with zero attached hydrogens (tertiary/aromatic N) is 5. The van der Waals surface area contributed by atoms with E-state index < -0.39 is 17.9 Å². The fourth-order valence-corrected chi connectivity index (χ4v) is 2.79. The number of hydrogen-bond acceptors (Lipinski definition) is 6. The number of para-hydroxylation sites is 1. The maximum atomic E-state index is 12.6. The topological polar surface area (TPSA) is 118 Å². The number of fused-ring (bicyclic) bond motifs is 1. The van der Waals surface area contributed by atoms with Crippen LogP contribution < -0.4 is 16.1 Å². The molecule has 3 N–H and O–H groups in total. The number of aromatic nitrogens is 3. The van der Waals surface area contributed by atoms with Crippen molar-refractivity contribution in [3.8, 4) is 0 Å². The van der Waals surface area contributed by atoms with E-state index in [0.29, 0.717) is 11.3 Å². The Morgan fingerprint density at radius 3 is 2.62 bits per heavy atom. The predicted octanol–water partition coefficient (Wildman–Crippen LogP) is 0.788. The Hall–Kier alpha value is -3.75. The molecular weight excluding hydrogens is 334 g/mol. The van der Waals surface area contributed by atoms with Crippen molar-refractivity contribution in [3.63, 3.8) is 0 Å². The van der Waals surface area contributed by atoms with Crippen LogP contribution in [0.4, 0.5) is 11.6 Å². The first-order valence-corrected chi connectivity index (χ1v) is 7.95. The SMILES string of the molecule is NC(=O)C1CC(C(=O)Nc2nnc3ccccn23)=NN1c1ccccc1. The van der Waals surface area contributed by atoms with Gasteiger partial charge >= 0.3 is 0 Å². The highest BCUT2D eigenvalue weighted by Gasteiger charge is 2.35. The van der Waals surface area contributed by atoms with Gasteiger partial charge in [-0.2, -0.15) is 5.10 Å². The molecule has 2 aromatic heterocycles. The minimum atomic E-state index is -0.715. The molecule has 0 saturated heterocycles. The summed E-state index contributed by atoms with van der Waals surface area (Å²) in [5.74, 6) is -0.719. The van der Waals surface area contributed by atoms with Gasteiger partial charge < -0.3 is 5.73 Å². The van der Waals surface area contributed by atoms with Crippen LogP contribution in [0.1, 0.15) is 6.42 Å². The van der Waals surface area contributed by atoms with Crippen LogP contribution in [0.15, 0.2) is 59.8 Å². The Morgan fingerprint density at radius 2 is 1.85 bits per heavy atom. The average Bonchev–Trinajstić information content (AvgIpc) is 3.28. The number of amides is 2. The van der Waals surface area contributed by atoms with Gasteiger partial charge in [-0.05, 0) is 24.3 Å². The van der Waals surface area contributed by atoms with E-state index in [9.17, 15) is 9.59 Å². The Kier molecular flexibility index (Phi) is 3.81. The number of nitrogens with two attached hydrogens (primary N) is 1. The lowest BCUT2D eigenvalue weighted by Gasteiger charge is -2.20. The number of nitrogens with one attached hydrogen (secondary N) is 1. The van der Waals surface area contributed by atoms with Crippen LogP contribution >= 0.6 is 0 Å². The first-order chi connectivity index (χ1) is 12.6. The second kappa shape index (κ2) is 6.28. The van der Waals surface area contributed by atoms with Crippen LogP contribution in [-0.2, 0) is 9.59 Å². The lowest BCUT2D eigenvalue weighted by atomic mass is 10.1. The van der Waals surface area contributed by atoms with E-state index in [1.54, 1.807) is 34.9 Å². The molecule has 26 heavy (non-hydrogen) atoms. The molecular formula is C17H15N7O2. The first kappa shape index (κ1) is 15.8. The zero-order chi connectivity index (χ0) is 18.1. The third-order valence-electron chi connectivity index (χ3n) is 4.06. The standard InChI is InChI=1S/C17H15N7O2/c18-15(25)13-10-12(22-24(13)11-6-2-1-3-7-11)16(26)19-17-21-20-14-8-4-5-9-23(14)17/h1-9,13H,10H2,(H2,18,25)(H,19,21,26). The van der Waals surface area contributed by atoms with Crippen molar-refractivity contribution >= 4 is 34.8 Å². The highest BCUT2D eigenvalue weighted by atomic mass is 16.2. The molecule has 9 heteroatoms. The maximum absolute atomic E-state index is 12.6. The molecule has 3 aromatic rings. The summed E-state index contributed by atoms with van der Waals surface area (Å²) in [6.07, 6.45) is 1.86. The molecule has 1 unspecified atom stereocenters. The summed E-state index contributed by atoms with van der Waals surface area (Å²) in [6, 6.07) is 13.8. The number of hydrogen-bond donors (Lipinski definition) is 2. The summed E-state index contributed by atoms with van der Waals surface area (Å²) in [5, 5.41) is 16.4. The van der Waals surface area contributed by atoms with Crippen molar-refractivity contribution in [1.82, 2.24) is 14.6 Å². The molecule has 0 saturated carbocycles. The quantitative estimate of drug-likeness (QED) is 0.722. The smallest absolute Gasteiger partial charge is 0.274 e. The number of benzene rings is 1. The van der Waals surface area contributed by atoms with Crippen LogP contribution in [0.25, 0.3) is 5.65 Å². The zero-order valence-electron chi connectivity index (χ0n) is 13.6. The lowest BCUT2D eigenvalue weighted by Crippen LogP contribution is -2.39. The number of pyridine rings is 1. The van der Waals surface area contributed by atoms with E-state index in [0.717, 1.165) is 0 Å². The van der Waals surface area contributed by atoms with Crippen molar-refractivity contribution in [3.05, 3.63) is 54.7 Å². The molecule has 3 heterocycles. The third-order valence-corrected chi connectivity index (χ3v) is 4.06. The van der Waals surface area contributed by atoms with Gasteiger partial charge in [0.25, 0.3) is 5.91 Å². The molecule has 2 amide bonds. The fraction of sp³-hybridized carbons (Fsp3) is 0.118. The monoisotopic (exact) mass is 349 g/mol. The molecule has 1 aromatic carbocycles. The second-order valence-corrected chi connectivity index (χ2v) is 5.76. The summed E-state index contributed by atoms with van der Waals surface area (Å²) in [6.45, 7) is 0. The first-order valence-electron chi connectivity index (χ1n) is 7.95. The summed E-state index contributed by atoms with van der Waals surface area (Å²) >= 11 is 0. The van der Waals surface area contributed by atoms with E-state index in [2.05, 4.69) is 20.6 Å². The number of carbonyl (C=O) groups excluding carboxylic acids is 2. The molecule has 0 radical (unpaired) electrons. The van der Waals surface area contributed by atoms with E-state index in [-0.39, 0.29) is 18.1 Å². The Labute approximate surface area is 148 Å². The van der Waals surface area contributed by atoms with Crippen LogP contribution in [0.2, 0.25) is 0 Å². The normalized spacial score (nSPS) is 16.5. The van der Waals surface area contributed by atoms with E-state index in [4.69, 9.17) is 5.73 Å². The molecule has 1 aliphatic heterocycles. The third kappa shape index (κ3) is 2.75. The average molecular weight is 349 g/mol. The van der Waals surface area contributed by atoms with Crippen molar-refractivity contribution in [2.24, 2.45) is 10.8 Å². The number of rotatable bonds is 4. The summed E-state index contributed by atoms with van der Waals surface area (Å²) < 4.78 is 1.65. The molecule has 1 aliphatic rings. The number of anilines is 2. The minimum absolute atomic E-state index is 0.118. The van der Waals surface area contributed by atoms with Gasteiger partial charge in [-0.15, -0.1) is 10.2 Å². The zero-order valence-corrected chi connectivity index (χ0v) is 13.6. The van der Waals surface area contributed by atoms with Gasteiger partial charge in [-0.25, -0.2) is 0 Å². The molecule has 0 aliphatic carbocycles. The molecule has 0 bridgehead atoms. The van der Waals surface area contributed by atoms with Crippen molar-refractivity contribution in [2.45, 2.75) is 12.5 Å². The van der Waals surface area contributed by atoms with Crippen LogP contribution in [-0.4, -0.2) is 38.2 Å². The maximum Gasteiger partial charge on any atom is 0.274 e. The van der Waals surface area contributed by atoms with Gasteiger partial charge in [0.1, 0.15) is 11.8 Å². The second-order valence-electron chi connectivity index (χ2n) is 5.76. The molecule has 9 nitrogen and oxygen atoms in total. The van der Waals surface area contributed by atoms with Gasteiger partial charge in [0.15, 0.2) is 5.65 Å². The summed E-state index contributed by atoms with van der Waals surface area (Å²) in [5.41, 5.74) is 6.98. The summed E-state index contributed by atoms with van der Waals surface area (Å²) in [7, 11) is 0. The number of carbonyl (C=O) groups is 2. The van der Waals surface area contributed by atoms with Crippen LogP contribution in [0, 0.1) is 0 Å². The van der Waals surface area contributed by atoms with Gasteiger partial charge in [-0.1, -0.05) is 24.3 Å². The lowest BCUT2D eigenvalue weighted by molar-refractivity contribution is -0.119. The van der Waals surface area contributed by atoms with Crippen molar-refractivity contribution in [2.75, 3.05) is 10.3 Å². The largest absolute Gasteiger partial charge is 0.368 e. The molecule has 0 fully saturated rings. The van der Waals surface area contributed by atoms with Crippen LogP contribution in [0.3, 0.4) is 0 Å². The van der Waals surface area contributed by atoms with Crippen molar-refractivity contribution < 1.29 is 9.59 Å². The predicted molar refractivity (Wildman–Crippen MR) is 95.6 cm³/mol. The van der Waals surface area contributed by atoms with Crippen molar-refractivity contribution in [1.29, 1.82) is 0 Å². The van der Waals surface area contributed by atoms with Gasteiger partial charge in [0.2, 0.25) is 11.9 Å². The fourth-order valence-electron chi connectivity index (χ4n) is 2.79.